The van der Waals surface area contributed by atoms with E-state index in [9.17, 15) is 9.59 Å². The predicted octanol–water partition coefficient (Wildman–Crippen LogP) is 0.00310. The lowest BCUT2D eigenvalue weighted by Crippen LogP contribution is -2.34. The second kappa shape index (κ2) is 12.0. The normalized spacial score (nSPS) is 9.78. The summed E-state index contributed by atoms with van der Waals surface area (Å²) in [5.41, 5.74) is 0. The second-order valence-corrected chi connectivity index (χ2v) is 3.77. The SMILES string of the molecule is C=CC(=O)CCCNCCNCCNC(=O)C=C. The van der Waals surface area contributed by atoms with E-state index < -0.39 is 0 Å². The van der Waals surface area contributed by atoms with E-state index in [0.29, 0.717) is 13.0 Å². The smallest absolute Gasteiger partial charge is 0.243 e. The highest BCUT2D eigenvalue weighted by Crippen LogP contribution is 1.89. The monoisotopic (exact) mass is 253 g/mol. The van der Waals surface area contributed by atoms with Crippen LogP contribution < -0.4 is 16.0 Å². The van der Waals surface area contributed by atoms with Crippen LogP contribution in [0.15, 0.2) is 25.3 Å². The molecule has 0 aliphatic carbocycles. The number of carbonyl (C=O) groups excluding carboxylic acids is 2. The van der Waals surface area contributed by atoms with Crippen LogP contribution in [0.5, 0.6) is 0 Å². The zero-order chi connectivity index (χ0) is 13.6. The largest absolute Gasteiger partial charge is 0.351 e. The van der Waals surface area contributed by atoms with Crippen LogP contribution >= 0.6 is 0 Å². The van der Waals surface area contributed by atoms with E-state index in [4.69, 9.17) is 0 Å². The van der Waals surface area contributed by atoms with Gasteiger partial charge in [-0.05, 0) is 25.1 Å². The van der Waals surface area contributed by atoms with Crippen molar-refractivity contribution in [2.75, 3.05) is 32.7 Å². The summed E-state index contributed by atoms with van der Waals surface area (Å²) >= 11 is 0. The third kappa shape index (κ3) is 11.0. The van der Waals surface area contributed by atoms with Crippen LogP contribution in [0.3, 0.4) is 0 Å². The minimum atomic E-state index is -0.151. The van der Waals surface area contributed by atoms with Gasteiger partial charge in [-0.25, -0.2) is 0 Å². The number of allylic oxidation sites excluding steroid dienone is 1. The van der Waals surface area contributed by atoms with Gasteiger partial charge in [0.25, 0.3) is 0 Å². The van der Waals surface area contributed by atoms with Gasteiger partial charge in [0.05, 0.1) is 0 Å². The molecule has 0 heterocycles. The van der Waals surface area contributed by atoms with E-state index in [1.807, 2.05) is 0 Å². The summed E-state index contributed by atoms with van der Waals surface area (Å²) in [5, 5.41) is 9.08. The lowest BCUT2D eigenvalue weighted by atomic mass is 10.2. The van der Waals surface area contributed by atoms with E-state index in [1.165, 1.54) is 12.2 Å². The third-order valence-corrected chi connectivity index (χ3v) is 2.27. The number of nitrogens with one attached hydrogen (secondary N) is 3. The molecule has 0 aromatic carbocycles. The molecule has 0 aliphatic rings. The molecule has 0 saturated heterocycles. The Bertz CT molecular complexity index is 249. The summed E-state index contributed by atoms with van der Waals surface area (Å²) in [5.74, 6) is -0.0605. The summed E-state index contributed by atoms with van der Waals surface area (Å²) in [6.07, 6.45) is 4.00. The zero-order valence-electron chi connectivity index (χ0n) is 10.8. The van der Waals surface area contributed by atoms with Gasteiger partial charge in [0.15, 0.2) is 5.78 Å². The van der Waals surface area contributed by atoms with Gasteiger partial charge in [-0.2, -0.15) is 0 Å². The summed E-state index contributed by atoms with van der Waals surface area (Å²) in [4.78, 5) is 21.7. The van der Waals surface area contributed by atoms with Crippen molar-refractivity contribution in [2.45, 2.75) is 12.8 Å². The van der Waals surface area contributed by atoms with Crippen molar-refractivity contribution >= 4 is 11.7 Å². The molecular weight excluding hydrogens is 230 g/mol. The minimum absolute atomic E-state index is 0.0906. The number of ketones is 1. The van der Waals surface area contributed by atoms with E-state index in [-0.39, 0.29) is 11.7 Å². The van der Waals surface area contributed by atoms with Gasteiger partial charge < -0.3 is 16.0 Å². The first-order chi connectivity index (χ1) is 8.70. The van der Waals surface area contributed by atoms with Gasteiger partial charge in [0, 0.05) is 32.6 Å². The van der Waals surface area contributed by atoms with Crippen molar-refractivity contribution in [3.8, 4) is 0 Å². The molecule has 0 bridgehead atoms. The van der Waals surface area contributed by atoms with Crippen molar-refractivity contribution in [2.24, 2.45) is 0 Å². The second-order valence-electron chi connectivity index (χ2n) is 3.77. The van der Waals surface area contributed by atoms with Crippen molar-refractivity contribution in [3.63, 3.8) is 0 Å². The Kier molecular flexibility index (Phi) is 11.0. The summed E-state index contributed by atoms with van der Waals surface area (Å²) in [7, 11) is 0. The Hall–Kier alpha value is -1.46. The lowest BCUT2D eigenvalue weighted by molar-refractivity contribution is -0.116. The van der Waals surface area contributed by atoms with Crippen LogP contribution in [0, 0.1) is 0 Å². The molecule has 0 unspecified atom stereocenters. The van der Waals surface area contributed by atoms with Crippen LogP contribution in [0.1, 0.15) is 12.8 Å². The highest BCUT2D eigenvalue weighted by Gasteiger charge is 1.95. The van der Waals surface area contributed by atoms with Crippen LogP contribution in [0.25, 0.3) is 0 Å². The van der Waals surface area contributed by atoms with Gasteiger partial charge in [-0.1, -0.05) is 13.2 Å². The Morgan fingerprint density at radius 1 is 0.889 bits per heavy atom. The van der Waals surface area contributed by atoms with Crippen LogP contribution in [0.2, 0.25) is 0 Å². The number of carbonyl (C=O) groups is 2. The lowest BCUT2D eigenvalue weighted by Gasteiger charge is -2.06. The van der Waals surface area contributed by atoms with Crippen molar-refractivity contribution < 1.29 is 9.59 Å². The molecule has 5 nitrogen and oxygen atoms in total. The molecule has 0 atom stereocenters. The molecule has 102 valence electrons. The summed E-state index contributed by atoms with van der Waals surface area (Å²) < 4.78 is 0. The van der Waals surface area contributed by atoms with Crippen LogP contribution in [-0.2, 0) is 9.59 Å². The van der Waals surface area contributed by atoms with Gasteiger partial charge >= 0.3 is 0 Å². The molecule has 0 spiro atoms. The first kappa shape index (κ1) is 16.5. The highest BCUT2D eigenvalue weighted by molar-refractivity contribution is 5.88. The first-order valence-electron chi connectivity index (χ1n) is 6.17. The van der Waals surface area contributed by atoms with E-state index in [2.05, 4.69) is 29.1 Å². The van der Waals surface area contributed by atoms with Crippen LogP contribution in [0.4, 0.5) is 0 Å². The standard InChI is InChI=1S/C13H23N3O2/c1-3-12(17)6-5-7-14-8-9-15-10-11-16-13(18)4-2/h3-4,14-15H,1-2,5-11H2,(H,16,18). The van der Waals surface area contributed by atoms with Gasteiger partial charge in [0.1, 0.15) is 0 Å². The van der Waals surface area contributed by atoms with Gasteiger partial charge in [-0.3, -0.25) is 9.59 Å². The van der Waals surface area contributed by atoms with Crippen molar-refractivity contribution in [3.05, 3.63) is 25.3 Å². The minimum Gasteiger partial charge on any atom is -0.351 e. The van der Waals surface area contributed by atoms with Crippen molar-refractivity contribution in [1.82, 2.24) is 16.0 Å². The molecule has 0 fully saturated rings. The maximum absolute atomic E-state index is 10.9. The molecule has 0 aliphatic heterocycles. The number of hydrogen-bond acceptors (Lipinski definition) is 4. The van der Waals surface area contributed by atoms with E-state index in [0.717, 1.165) is 32.6 Å². The molecule has 1 amide bonds. The Balaban J connectivity index is 3.12. The average molecular weight is 253 g/mol. The average Bonchev–Trinajstić information content (AvgIpc) is 2.40. The van der Waals surface area contributed by atoms with E-state index >= 15 is 0 Å². The topological polar surface area (TPSA) is 70.2 Å². The fourth-order valence-corrected chi connectivity index (χ4v) is 1.26. The molecule has 0 rings (SSSR count). The molecule has 0 aromatic heterocycles. The molecule has 5 heteroatoms. The molecule has 0 aromatic rings. The zero-order valence-corrected chi connectivity index (χ0v) is 10.8. The van der Waals surface area contributed by atoms with E-state index in [1.54, 1.807) is 0 Å². The van der Waals surface area contributed by atoms with Crippen molar-refractivity contribution in [1.29, 1.82) is 0 Å². The molecule has 3 N–H and O–H groups in total. The Morgan fingerprint density at radius 3 is 2.11 bits per heavy atom. The molecule has 0 saturated carbocycles. The quantitative estimate of drug-likeness (QED) is 0.338. The molecular formula is C13H23N3O2. The maximum Gasteiger partial charge on any atom is 0.243 e. The number of amides is 1. The first-order valence-corrected chi connectivity index (χ1v) is 6.17. The third-order valence-electron chi connectivity index (χ3n) is 2.27. The summed E-state index contributed by atoms with van der Waals surface area (Å²) in [6, 6.07) is 0. The Morgan fingerprint density at radius 2 is 1.50 bits per heavy atom. The number of rotatable bonds is 12. The molecule has 0 radical (unpaired) electrons. The Labute approximate surface area is 109 Å². The highest BCUT2D eigenvalue weighted by atomic mass is 16.1. The van der Waals surface area contributed by atoms with Gasteiger partial charge in [-0.15, -0.1) is 0 Å². The predicted molar refractivity (Wildman–Crippen MR) is 73.4 cm³/mol. The maximum atomic E-state index is 10.9. The summed E-state index contributed by atoms with van der Waals surface area (Å²) in [6.45, 7) is 10.6. The van der Waals surface area contributed by atoms with Gasteiger partial charge in [0.2, 0.25) is 5.91 Å². The fourth-order valence-electron chi connectivity index (χ4n) is 1.26. The van der Waals surface area contributed by atoms with Crippen LogP contribution in [-0.4, -0.2) is 44.4 Å². The number of hydrogen-bond donors (Lipinski definition) is 3. The molecule has 18 heavy (non-hydrogen) atoms. The fraction of sp³-hybridized carbons (Fsp3) is 0.538.